The van der Waals surface area contributed by atoms with Crippen LogP contribution in [0.2, 0.25) is 0 Å². The SMILES string of the molecule is CC(C)=CCCN([C@H](C=O)Cc1ccccc1)S(=O)(=O)c1ccc(C)cc1. The van der Waals surface area contributed by atoms with Crippen LogP contribution in [0.1, 0.15) is 31.4 Å². The molecule has 144 valence electrons. The lowest BCUT2D eigenvalue weighted by Crippen LogP contribution is -2.43. The van der Waals surface area contributed by atoms with Crippen molar-refractivity contribution < 1.29 is 13.2 Å². The van der Waals surface area contributed by atoms with Crippen LogP contribution in [0.15, 0.2) is 71.1 Å². The van der Waals surface area contributed by atoms with Crippen LogP contribution in [-0.4, -0.2) is 31.6 Å². The van der Waals surface area contributed by atoms with Gasteiger partial charge in [0.2, 0.25) is 10.0 Å². The Labute approximate surface area is 162 Å². The molecule has 2 rings (SSSR count). The van der Waals surface area contributed by atoms with Crippen molar-refractivity contribution in [2.75, 3.05) is 6.54 Å². The van der Waals surface area contributed by atoms with Crippen molar-refractivity contribution in [2.24, 2.45) is 0 Å². The van der Waals surface area contributed by atoms with E-state index in [2.05, 4.69) is 0 Å². The molecule has 4 nitrogen and oxygen atoms in total. The molecular formula is C22H27NO3S. The van der Waals surface area contributed by atoms with Crippen LogP contribution in [0.4, 0.5) is 0 Å². The van der Waals surface area contributed by atoms with Gasteiger partial charge in [-0.2, -0.15) is 4.31 Å². The van der Waals surface area contributed by atoms with Crippen LogP contribution >= 0.6 is 0 Å². The highest BCUT2D eigenvalue weighted by molar-refractivity contribution is 7.89. The Balaban J connectivity index is 2.37. The summed E-state index contributed by atoms with van der Waals surface area (Å²) in [5, 5.41) is 0. The van der Waals surface area contributed by atoms with Gasteiger partial charge >= 0.3 is 0 Å². The number of rotatable bonds is 9. The molecule has 1 atom stereocenters. The Morgan fingerprint density at radius 2 is 1.67 bits per heavy atom. The van der Waals surface area contributed by atoms with Gasteiger partial charge in [-0.05, 0) is 51.3 Å². The molecule has 27 heavy (non-hydrogen) atoms. The van der Waals surface area contributed by atoms with E-state index in [1.807, 2.05) is 57.2 Å². The fourth-order valence-electron chi connectivity index (χ4n) is 2.86. The van der Waals surface area contributed by atoms with Gasteiger partial charge in [0.25, 0.3) is 0 Å². The first-order valence-electron chi connectivity index (χ1n) is 9.05. The lowest BCUT2D eigenvalue weighted by molar-refractivity contribution is -0.111. The number of benzene rings is 2. The van der Waals surface area contributed by atoms with Gasteiger partial charge in [-0.3, -0.25) is 0 Å². The normalized spacial score (nSPS) is 12.6. The number of carbonyl (C=O) groups excluding carboxylic acids is 1. The zero-order chi connectivity index (χ0) is 19.9. The minimum atomic E-state index is -3.77. The largest absolute Gasteiger partial charge is 0.302 e. The zero-order valence-electron chi connectivity index (χ0n) is 16.1. The number of hydrogen-bond acceptors (Lipinski definition) is 3. The zero-order valence-corrected chi connectivity index (χ0v) is 16.9. The highest BCUT2D eigenvalue weighted by Crippen LogP contribution is 2.21. The molecule has 0 aromatic heterocycles. The fraction of sp³-hybridized carbons (Fsp3) is 0.318. The summed E-state index contributed by atoms with van der Waals surface area (Å²) in [7, 11) is -3.77. The van der Waals surface area contributed by atoms with Crippen molar-refractivity contribution in [1.29, 1.82) is 0 Å². The van der Waals surface area contributed by atoms with Crippen LogP contribution in [0.5, 0.6) is 0 Å². The molecule has 2 aromatic carbocycles. The second-order valence-electron chi connectivity index (χ2n) is 6.89. The third-order valence-corrected chi connectivity index (χ3v) is 6.28. The van der Waals surface area contributed by atoms with E-state index >= 15 is 0 Å². The number of aryl methyl sites for hydroxylation is 1. The summed E-state index contributed by atoms with van der Waals surface area (Å²) in [6, 6.07) is 15.5. The molecule has 0 unspecified atom stereocenters. The van der Waals surface area contributed by atoms with E-state index in [4.69, 9.17) is 0 Å². The molecule has 0 amide bonds. The van der Waals surface area contributed by atoms with Crippen molar-refractivity contribution in [3.63, 3.8) is 0 Å². The van der Waals surface area contributed by atoms with Crippen molar-refractivity contribution in [1.82, 2.24) is 4.31 Å². The standard InChI is InChI=1S/C22H27NO3S/c1-18(2)8-7-15-23(21(17-24)16-20-9-5-4-6-10-20)27(25,26)22-13-11-19(3)12-14-22/h4-6,8-14,17,21H,7,15-16H2,1-3H3/t21-/m0/s1. The lowest BCUT2D eigenvalue weighted by Gasteiger charge is -2.27. The number of nitrogens with zero attached hydrogens (tertiary/aromatic N) is 1. The number of aldehydes is 1. The number of hydrogen-bond donors (Lipinski definition) is 0. The molecule has 0 saturated carbocycles. The molecule has 0 aliphatic rings. The first-order chi connectivity index (χ1) is 12.8. The summed E-state index contributed by atoms with van der Waals surface area (Å²) < 4.78 is 27.8. The van der Waals surface area contributed by atoms with Gasteiger partial charge < -0.3 is 4.79 Å². The van der Waals surface area contributed by atoms with Crippen LogP contribution in [0.3, 0.4) is 0 Å². The maximum absolute atomic E-state index is 13.3. The van der Waals surface area contributed by atoms with Crippen LogP contribution in [0.25, 0.3) is 0 Å². The van der Waals surface area contributed by atoms with Crippen molar-refractivity contribution >= 4 is 16.3 Å². The summed E-state index contributed by atoms with van der Waals surface area (Å²) in [6.45, 7) is 6.12. The molecule has 0 saturated heterocycles. The summed E-state index contributed by atoms with van der Waals surface area (Å²) in [6.07, 6.45) is 3.64. The maximum Gasteiger partial charge on any atom is 0.243 e. The van der Waals surface area contributed by atoms with Crippen molar-refractivity contribution in [3.8, 4) is 0 Å². The molecule has 0 bridgehead atoms. The van der Waals surface area contributed by atoms with Crippen molar-refractivity contribution in [3.05, 3.63) is 77.4 Å². The van der Waals surface area contributed by atoms with Gasteiger partial charge in [0.05, 0.1) is 10.9 Å². The highest BCUT2D eigenvalue weighted by atomic mass is 32.2. The predicted octanol–water partition coefficient (Wildman–Crippen LogP) is 4.15. The summed E-state index contributed by atoms with van der Waals surface area (Å²) >= 11 is 0. The molecule has 0 N–H and O–H groups in total. The molecule has 2 aromatic rings. The lowest BCUT2D eigenvalue weighted by atomic mass is 10.1. The van der Waals surface area contributed by atoms with E-state index in [1.165, 1.54) is 4.31 Å². The van der Waals surface area contributed by atoms with Gasteiger partial charge in [-0.25, -0.2) is 8.42 Å². The Morgan fingerprint density at radius 3 is 2.22 bits per heavy atom. The third kappa shape index (κ3) is 5.88. The Hall–Kier alpha value is -2.24. The topological polar surface area (TPSA) is 54.5 Å². The van der Waals surface area contributed by atoms with Crippen molar-refractivity contribution in [2.45, 2.75) is 44.6 Å². The molecule has 0 fully saturated rings. The van der Waals surface area contributed by atoms with E-state index in [-0.39, 0.29) is 11.4 Å². The molecule has 0 aliphatic carbocycles. The molecule has 5 heteroatoms. The van der Waals surface area contributed by atoms with Gasteiger partial charge in [0.15, 0.2) is 0 Å². The Kier molecular flexibility index (Phi) is 7.51. The second-order valence-corrected chi connectivity index (χ2v) is 8.78. The van der Waals surface area contributed by atoms with E-state index < -0.39 is 16.1 Å². The van der Waals surface area contributed by atoms with Crippen LogP contribution < -0.4 is 0 Å². The third-order valence-electron chi connectivity index (χ3n) is 4.34. The van der Waals surface area contributed by atoms with Gasteiger partial charge in [0.1, 0.15) is 6.29 Å². The number of sulfonamides is 1. The molecule has 0 aliphatic heterocycles. The first-order valence-corrected chi connectivity index (χ1v) is 10.5. The molecule has 0 radical (unpaired) electrons. The summed E-state index contributed by atoms with van der Waals surface area (Å²) in [4.78, 5) is 12.1. The van der Waals surface area contributed by atoms with Crippen LogP contribution in [-0.2, 0) is 21.2 Å². The predicted molar refractivity (Wildman–Crippen MR) is 109 cm³/mol. The fourth-order valence-corrected chi connectivity index (χ4v) is 4.44. The maximum atomic E-state index is 13.3. The molecule has 0 spiro atoms. The number of carbonyl (C=O) groups is 1. The van der Waals surface area contributed by atoms with E-state index in [1.54, 1.807) is 24.3 Å². The average Bonchev–Trinajstić information content (AvgIpc) is 2.64. The second kappa shape index (κ2) is 9.62. The smallest absolute Gasteiger partial charge is 0.243 e. The van der Waals surface area contributed by atoms with Crippen LogP contribution in [0, 0.1) is 6.92 Å². The van der Waals surface area contributed by atoms with E-state index in [9.17, 15) is 13.2 Å². The molecule has 0 heterocycles. The Bertz CT molecular complexity index is 868. The summed E-state index contributed by atoms with van der Waals surface area (Å²) in [5.41, 5.74) is 3.04. The Morgan fingerprint density at radius 1 is 1.04 bits per heavy atom. The van der Waals surface area contributed by atoms with E-state index in [0.29, 0.717) is 12.8 Å². The quantitative estimate of drug-likeness (QED) is 0.481. The number of allylic oxidation sites excluding steroid dienone is 1. The van der Waals surface area contributed by atoms with Gasteiger partial charge in [-0.15, -0.1) is 0 Å². The average molecular weight is 386 g/mol. The highest BCUT2D eigenvalue weighted by Gasteiger charge is 2.31. The monoisotopic (exact) mass is 385 g/mol. The molecular weight excluding hydrogens is 358 g/mol. The van der Waals surface area contributed by atoms with Gasteiger partial charge in [-0.1, -0.05) is 59.7 Å². The first kappa shape index (κ1) is 21.1. The minimum absolute atomic E-state index is 0.213. The van der Waals surface area contributed by atoms with Gasteiger partial charge in [0, 0.05) is 6.54 Å². The van der Waals surface area contributed by atoms with E-state index in [0.717, 1.165) is 23.0 Å². The minimum Gasteiger partial charge on any atom is -0.302 e. The summed E-state index contributed by atoms with van der Waals surface area (Å²) in [5.74, 6) is 0.